The van der Waals surface area contributed by atoms with Crippen molar-refractivity contribution in [1.82, 2.24) is 24.9 Å². The number of nitrogens with zero attached hydrogens (tertiary/aromatic N) is 4. The molecule has 0 bridgehead atoms. The SMILES string of the molecule is COc1cc(F)cc2c1nc(N)n1nc(CNCc3ccc(C(C)(O)C(F)(F)F)cc3)nc21. The van der Waals surface area contributed by atoms with E-state index >= 15 is 0 Å². The van der Waals surface area contributed by atoms with Crippen molar-refractivity contribution in [3.8, 4) is 5.75 Å². The highest BCUT2D eigenvalue weighted by Gasteiger charge is 2.51. The van der Waals surface area contributed by atoms with E-state index in [1.165, 1.54) is 48.0 Å². The van der Waals surface area contributed by atoms with E-state index in [-0.39, 0.29) is 23.8 Å². The fraction of sp³-hybridized carbons (Fsp3) is 0.286. The summed E-state index contributed by atoms with van der Waals surface area (Å²) in [5.41, 5.74) is 4.15. The highest BCUT2D eigenvalue weighted by Crippen LogP contribution is 2.38. The Bertz CT molecular complexity index is 1320. The third kappa shape index (κ3) is 4.14. The maximum atomic E-state index is 14.0. The molecule has 0 amide bonds. The van der Waals surface area contributed by atoms with Crippen molar-refractivity contribution >= 4 is 22.5 Å². The van der Waals surface area contributed by atoms with Crippen LogP contribution < -0.4 is 15.8 Å². The number of benzene rings is 2. The highest BCUT2D eigenvalue weighted by atomic mass is 19.4. The molecule has 8 nitrogen and oxygen atoms in total. The van der Waals surface area contributed by atoms with Gasteiger partial charge in [-0.3, -0.25) is 0 Å². The number of aliphatic hydroxyl groups is 1. The fourth-order valence-corrected chi connectivity index (χ4v) is 3.37. The third-order valence-electron chi connectivity index (χ3n) is 5.28. The molecule has 4 aromatic rings. The molecule has 0 aliphatic rings. The van der Waals surface area contributed by atoms with Crippen molar-refractivity contribution in [1.29, 1.82) is 0 Å². The van der Waals surface area contributed by atoms with Gasteiger partial charge >= 0.3 is 6.18 Å². The van der Waals surface area contributed by atoms with Crippen molar-refractivity contribution in [3.05, 3.63) is 59.2 Å². The average Bonchev–Trinajstić information content (AvgIpc) is 3.19. The number of hydrogen-bond acceptors (Lipinski definition) is 7. The lowest BCUT2D eigenvalue weighted by molar-refractivity contribution is -0.258. The Balaban J connectivity index is 1.52. The number of aromatic nitrogens is 4. The first-order valence-electron chi connectivity index (χ1n) is 9.79. The summed E-state index contributed by atoms with van der Waals surface area (Å²) in [6, 6.07) is 7.91. The zero-order chi connectivity index (χ0) is 24.0. The Morgan fingerprint density at radius 2 is 1.82 bits per heavy atom. The second-order valence-electron chi connectivity index (χ2n) is 7.61. The lowest BCUT2D eigenvalue weighted by atomic mass is 9.94. The summed E-state index contributed by atoms with van der Waals surface area (Å²) in [6.45, 7) is 1.22. The second kappa shape index (κ2) is 8.12. The van der Waals surface area contributed by atoms with Gasteiger partial charge in [-0.25, -0.2) is 14.4 Å². The van der Waals surface area contributed by atoms with Crippen LogP contribution in [0.2, 0.25) is 0 Å². The molecule has 33 heavy (non-hydrogen) atoms. The molecule has 0 radical (unpaired) electrons. The van der Waals surface area contributed by atoms with E-state index < -0.39 is 17.6 Å². The fourth-order valence-electron chi connectivity index (χ4n) is 3.37. The number of rotatable bonds is 6. The standard InChI is InChI=1S/C21H20F4N6O2/c1-20(32,21(23,24)25)12-5-3-11(4-6-12)9-27-10-16-28-18-14-7-13(22)8-15(33-2)17(14)29-19(26)31(18)30-16/h3-8,27,32H,9-10H2,1-2H3,(H2,26,29). The van der Waals surface area contributed by atoms with Crippen LogP contribution in [0.3, 0.4) is 0 Å². The highest BCUT2D eigenvalue weighted by molar-refractivity contribution is 5.95. The molecule has 4 N–H and O–H groups in total. The second-order valence-corrected chi connectivity index (χ2v) is 7.61. The van der Waals surface area contributed by atoms with E-state index in [1.54, 1.807) is 0 Å². The van der Waals surface area contributed by atoms with Gasteiger partial charge in [0.05, 0.1) is 19.0 Å². The predicted octanol–water partition coefficient (Wildman–Crippen LogP) is 3.07. The maximum absolute atomic E-state index is 14.0. The number of hydrogen-bond donors (Lipinski definition) is 3. The van der Waals surface area contributed by atoms with Gasteiger partial charge in [0.15, 0.2) is 17.1 Å². The van der Waals surface area contributed by atoms with Crippen LogP contribution in [0.5, 0.6) is 5.75 Å². The van der Waals surface area contributed by atoms with Crippen molar-refractivity contribution in [2.75, 3.05) is 12.8 Å². The van der Waals surface area contributed by atoms with E-state index in [0.29, 0.717) is 41.4 Å². The molecular formula is C21H20F4N6O2. The monoisotopic (exact) mass is 464 g/mol. The molecule has 2 aromatic carbocycles. The molecule has 1 unspecified atom stereocenters. The van der Waals surface area contributed by atoms with E-state index in [2.05, 4.69) is 20.4 Å². The third-order valence-corrected chi connectivity index (χ3v) is 5.28. The first kappa shape index (κ1) is 22.7. The molecule has 12 heteroatoms. The van der Waals surface area contributed by atoms with E-state index in [0.717, 1.165) is 0 Å². The minimum atomic E-state index is -4.78. The Hall–Kier alpha value is -3.51. The Kier molecular flexibility index (Phi) is 5.58. The molecule has 0 saturated carbocycles. The molecule has 2 heterocycles. The van der Waals surface area contributed by atoms with Crippen LogP contribution in [0.1, 0.15) is 23.9 Å². The van der Waals surface area contributed by atoms with Gasteiger partial charge in [-0.05, 0) is 24.1 Å². The van der Waals surface area contributed by atoms with Gasteiger partial charge in [-0.2, -0.15) is 17.7 Å². The van der Waals surface area contributed by atoms with Crippen LogP contribution in [0.15, 0.2) is 36.4 Å². The number of nitrogens with one attached hydrogen (secondary N) is 1. The minimum Gasteiger partial charge on any atom is -0.494 e. The zero-order valence-electron chi connectivity index (χ0n) is 17.6. The maximum Gasteiger partial charge on any atom is 0.421 e. The summed E-state index contributed by atoms with van der Waals surface area (Å²) in [4.78, 5) is 8.64. The topological polar surface area (TPSA) is 111 Å². The number of nitrogen functional groups attached to an aromatic ring is 1. The minimum absolute atomic E-state index is 0.0495. The van der Waals surface area contributed by atoms with Crippen LogP contribution in [0.25, 0.3) is 16.6 Å². The van der Waals surface area contributed by atoms with Gasteiger partial charge in [-0.1, -0.05) is 24.3 Å². The largest absolute Gasteiger partial charge is 0.494 e. The molecule has 0 aliphatic heterocycles. The molecule has 0 spiro atoms. The quantitative estimate of drug-likeness (QED) is 0.376. The Morgan fingerprint density at radius 3 is 2.45 bits per heavy atom. The van der Waals surface area contributed by atoms with Gasteiger partial charge in [-0.15, -0.1) is 5.10 Å². The number of anilines is 1. The van der Waals surface area contributed by atoms with Crippen LogP contribution >= 0.6 is 0 Å². The Labute approximate surface area is 185 Å². The Morgan fingerprint density at radius 1 is 1.12 bits per heavy atom. The van der Waals surface area contributed by atoms with Gasteiger partial charge in [0.25, 0.3) is 0 Å². The summed E-state index contributed by atoms with van der Waals surface area (Å²) in [7, 11) is 1.39. The van der Waals surface area contributed by atoms with Gasteiger partial charge in [0.1, 0.15) is 17.1 Å². The number of ether oxygens (including phenoxy) is 1. The zero-order valence-corrected chi connectivity index (χ0v) is 17.6. The molecule has 0 fully saturated rings. The number of methoxy groups -OCH3 is 1. The number of fused-ring (bicyclic) bond motifs is 3. The normalized spacial score (nSPS) is 14.0. The van der Waals surface area contributed by atoms with E-state index in [1.807, 2.05) is 0 Å². The van der Waals surface area contributed by atoms with Crippen LogP contribution in [0.4, 0.5) is 23.5 Å². The van der Waals surface area contributed by atoms with Gasteiger partial charge in [0, 0.05) is 12.6 Å². The van der Waals surface area contributed by atoms with Crippen LogP contribution in [-0.2, 0) is 18.7 Å². The van der Waals surface area contributed by atoms with Gasteiger partial charge < -0.3 is 20.9 Å². The molecule has 0 saturated heterocycles. The summed E-state index contributed by atoms with van der Waals surface area (Å²) < 4.78 is 59.4. The number of halogens is 4. The molecule has 174 valence electrons. The van der Waals surface area contributed by atoms with Crippen LogP contribution in [-0.4, -0.2) is 38.0 Å². The number of nitrogens with two attached hydrogens (primary N) is 1. The predicted molar refractivity (Wildman–Crippen MR) is 112 cm³/mol. The van der Waals surface area contributed by atoms with E-state index in [4.69, 9.17) is 10.5 Å². The van der Waals surface area contributed by atoms with E-state index in [9.17, 15) is 22.7 Å². The van der Waals surface area contributed by atoms with Crippen molar-refractivity contribution in [2.45, 2.75) is 31.8 Å². The summed E-state index contributed by atoms with van der Waals surface area (Å²) in [5, 5.41) is 17.5. The molecular weight excluding hydrogens is 444 g/mol. The van der Waals surface area contributed by atoms with Crippen molar-refractivity contribution in [2.24, 2.45) is 0 Å². The first-order valence-corrected chi connectivity index (χ1v) is 9.79. The van der Waals surface area contributed by atoms with Gasteiger partial charge in [0.2, 0.25) is 5.95 Å². The smallest absolute Gasteiger partial charge is 0.421 e. The van der Waals surface area contributed by atoms with Crippen molar-refractivity contribution in [3.63, 3.8) is 0 Å². The molecule has 0 aliphatic carbocycles. The van der Waals surface area contributed by atoms with Crippen LogP contribution in [0, 0.1) is 5.82 Å². The first-order chi connectivity index (χ1) is 15.5. The molecule has 2 aromatic heterocycles. The number of alkyl halides is 3. The summed E-state index contributed by atoms with van der Waals surface area (Å²) >= 11 is 0. The molecule has 1 atom stereocenters. The van der Waals surface area contributed by atoms with Crippen molar-refractivity contribution < 1.29 is 27.4 Å². The average molecular weight is 464 g/mol. The lowest BCUT2D eigenvalue weighted by Crippen LogP contribution is -2.39. The lowest BCUT2D eigenvalue weighted by Gasteiger charge is -2.26. The summed E-state index contributed by atoms with van der Waals surface area (Å²) in [5.74, 6) is 0.0996. The molecule has 4 rings (SSSR count). The summed E-state index contributed by atoms with van der Waals surface area (Å²) in [6.07, 6.45) is -4.78.